The van der Waals surface area contributed by atoms with Gasteiger partial charge in [-0.25, -0.2) is 0 Å². The van der Waals surface area contributed by atoms with Gasteiger partial charge in [-0.05, 0) is 18.3 Å². The zero-order valence-corrected chi connectivity index (χ0v) is 9.91. The van der Waals surface area contributed by atoms with Crippen molar-refractivity contribution in [3.63, 3.8) is 0 Å². The van der Waals surface area contributed by atoms with Crippen LogP contribution in [-0.4, -0.2) is 43.2 Å². The van der Waals surface area contributed by atoms with Crippen molar-refractivity contribution in [2.45, 2.75) is 31.5 Å². The van der Waals surface area contributed by atoms with Gasteiger partial charge < -0.3 is 19.9 Å². The Kier molecular flexibility index (Phi) is 2.65. The zero-order valence-electron chi connectivity index (χ0n) is 9.91. The lowest BCUT2D eigenvalue weighted by Gasteiger charge is -2.43. The molecule has 17 heavy (non-hydrogen) atoms. The van der Waals surface area contributed by atoms with Gasteiger partial charge in [0.15, 0.2) is 5.79 Å². The smallest absolute Gasteiger partial charge is 0.308 e. The first-order valence-electron chi connectivity index (χ1n) is 6.37. The highest BCUT2D eigenvalue weighted by Crippen LogP contribution is 2.50. The van der Waals surface area contributed by atoms with Crippen molar-refractivity contribution in [2.75, 3.05) is 26.3 Å². The minimum Gasteiger partial charge on any atom is -0.481 e. The number of hydrogen-bond donors (Lipinski definition) is 2. The molecule has 1 aliphatic carbocycles. The largest absolute Gasteiger partial charge is 0.481 e. The summed E-state index contributed by atoms with van der Waals surface area (Å²) < 4.78 is 11.4. The van der Waals surface area contributed by atoms with Gasteiger partial charge in [0.05, 0.1) is 19.1 Å². The van der Waals surface area contributed by atoms with E-state index in [1.807, 2.05) is 0 Å². The van der Waals surface area contributed by atoms with E-state index in [1.54, 1.807) is 0 Å². The molecule has 2 spiro atoms. The van der Waals surface area contributed by atoms with Crippen LogP contribution in [0.1, 0.15) is 25.7 Å². The van der Waals surface area contributed by atoms with E-state index in [-0.39, 0.29) is 11.3 Å². The maximum absolute atomic E-state index is 11.3. The molecule has 3 rings (SSSR count). The van der Waals surface area contributed by atoms with Crippen LogP contribution in [0.25, 0.3) is 0 Å². The normalized spacial score (nSPS) is 34.5. The summed E-state index contributed by atoms with van der Waals surface area (Å²) in [5, 5.41) is 12.5. The highest BCUT2D eigenvalue weighted by atomic mass is 16.7. The molecule has 3 aliphatic rings. The molecule has 0 aromatic rings. The predicted molar refractivity (Wildman–Crippen MR) is 59.5 cm³/mol. The number of hydrogen-bond acceptors (Lipinski definition) is 4. The second-order valence-electron chi connectivity index (χ2n) is 5.49. The Morgan fingerprint density at radius 2 is 1.82 bits per heavy atom. The number of carboxylic acids is 1. The zero-order chi connectivity index (χ0) is 11.9. The molecule has 2 saturated heterocycles. The third-order valence-electron chi connectivity index (χ3n) is 4.68. The topological polar surface area (TPSA) is 67.8 Å². The molecule has 0 bridgehead atoms. The lowest BCUT2D eigenvalue weighted by atomic mass is 9.66. The molecule has 0 aromatic heterocycles. The van der Waals surface area contributed by atoms with E-state index < -0.39 is 11.8 Å². The molecule has 0 radical (unpaired) electrons. The Bertz CT molecular complexity index is 314. The van der Waals surface area contributed by atoms with Crippen molar-refractivity contribution in [3.8, 4) is 0 Å². The first-order chi connectivity index (χ1) is 8.16. The molecule has 1 atom stereocenters. The van der Waals surface area contributed by atoms with E-state index in [0.717, 1.165) is 32.2 Å². The fraction of sp³-hybridized carbons (Fsp3) is 0.917. The van der Waals surface area contributed by atoms with Gasteiger partial charge in [0, 0.05) is 25.9 Å². The number of carboxylic acid groups (broad SMARTS) is 1. The van der Waals surface area contributed by atoms with Crippen molar-refractivity contribution in [3.05, 3.63) is 0 Å². The van der Waals surface area contributed by atoms with Crippen LogP contribution < -0.4 is 5.32 Å². The fourth-order valence-electron chi connectivity index (χ4n) is 3.59. The van der Waals surface area contributed by atoms with Crippen molar-refractivity contribution < 1.29 is 19.4 Å². The van der Waals surface area contributed by atoms with Crippen molar-refractivity contribution >= 4 is 5.97 Å². The van der Waals surface area contributed by atoms with Gasteiger partial charge in [0.25, 0.3) is 0 Å². The molecule has 5 nitrogen and oxygen atoms in total. The molecular formula is C12H19NO4. The number of carbonyl (C=O) groups is 1. The summed E-state index contributed by atoms with van der Waals surface area (Å²) in [7, 11) is 0. The second-order valence-corrected chi connectivity index (χ2v) is 5.49. The summed E-state index contributed by atoms with van der Waals surface area (Å²) in [4.78, 5) is 11.3. The summed E-state index contributed by atoms with van der Waals surface area (Å²) in [6.45, 7) is 2.77. The van der Waals surface area contributed by atoms with Crippen LogP contribution in [0, 0.1) is 11.3 Å². The Morgan fingerprint density at radius 1 is 1.18 bits per heavy atom. The average molecular weight is 241 g/mol. The monoisotopic (exact) mass is 241 g/mol. The van der Waals surface area contributed by atoms with Gasteiger partial charge in [-0.3, -0.25) is 4.79 Å². The number of aliphatic carboxylic acids is 1. The van der Waals surface area contributed by atoms with Gasteiger partial charge in [0.2, 0.25) is 0 Å². The molecule has 0 amide bonds. The predicted octanol–water partition coefficient (Wildman–Crippen LogP) is 0.594. The van der Waals surface area contributed by atoms with Crippen LogP contribution in [-0.2, 0) is 14.3 Å². The minimum atomic E-state index is -0.667. The van der Waals surface area contributed by atoms with Gasteiger partial charge >= 0.3 is 5.97 Å². The summed E-state index contributed by atoms with van der Waals surface area (Å²) >= 11 is 0. The van der Waals surface area contributed by atoms with E-state index in [0.29, 0.717) is 19.8 Å². The van der Waals surface area contributed by atoms with Crippen LogP contribution in [0.5, 0.6) is 0 Å². The molecule has 0 aromatic carbocycles. The third-order valence-corrected chi connectivity index (χ3v) is 4.68. The van der Waals surface area contributed by atoms with Gasteiger partial charge in [-0.1, -0.05) is 0 Å². The van der Waals surface area contributed by atoms with E-state index in [1.165, 1.54) is 0 Å². The molecule has 96 valence electrons. The quantitative estimate of drug-likeness (QED) is 0.703. The van der Waals surface area contributed by atoms with E-state index in [2.05, 4.69) is 5.32 Å². The van der Waals surface area contributed by atoms with Gasteiger partial charge in [0.1, 0.15) is 0 Å². The number of ether oxygens (including phenoxy) is 2. The summed E-state index contributed by atoms with van der Waals surface area (Å²) in [5.74, 6) is -1.31. The lowest BCUT2D eigenvalue weighted by Crippen LogP contribution is -2.45. The van der Waals surface area contributed by atoms with Crippen LogP contribution >= 0.6 is 0 Å². The number of rotatable bonds is 1. The summed E-state index contributed by atoms with van der Waals surface area (Å²) in [6.07, 6.45) is 3.44. The van der Waals surface area contributed by atoms with E-state index in [9.17, 15) is 9.90 Å². The molecule has 2 heterocycles. The SMILES string of the molecule is O=C(O)C1CNCC12CCC1(CC2)OCCO1. The lowest BCUT2D eigenvalue weighted by molar-refractivity contribution is -0.195. The molecule has 2 aliphatic heterocycles. The van der Waals surface area contributed by atoms with Crippen molar-refractivity contribution in [2.24, 2.45) is 11.3 Å². The first kappa shape index (κ1) is 11.4. The fourth-order valence-corrected chi connectivity index (χ4v) is 3.59. The molecule has 3 fully saturated rings. The molecule has 5 heteroatoms. The van der Waals surface area contributed by atoms with Crippen molar-refractivity contribution in [1.29, 1.82) is 0 Å². The van der Waals surface area contributed by atoms with E-state index >= 15 is 0 Å². The highest BCUT2D eigenvalue weighted by Gasteiger charge is 2.53. The highest BCUT2D eigenvalue weighted by molar-refractivity contribution is 5.72. The Labute approximate surface area is 100 Å². The maximum atomic E-state index is 11.3. The van der Waals surface area contributed by atoms with Crippen LogP contribution in [0.15, 0.2) is 0 Å². The molecule has 1 saturated carbocycles. The summed E-state index contributed by atoms with van der Waals surface area (Å²) in [6, 6.07) is 0. The number of nitrogens with one attached hydrogen (secondary N) is 1. The minimum absolute atomic E-state index is 0.0770. The van der Waals surface area contributed by atoms with Crippen LogP contribution in [0.4, 0.5) is 0 Å². The van der Waals surface area contributed by atoms with Crippen molar-refractivity contribution in [1.82, 2.24) is 5.32 Å². The average Bonchev–Trinajstić information content (AvgIpc) is 2.91. The second kappa shape index (κ2) is 3.93. The van der Waals surface area contributed by atoms with Gasteiger partial charge in [-0.2, -0.15) is 0 Å². The molecule has 2 N–H and O–H groups in total. The Morgan fingerprint density at radius 3 is 2.41 bits per heavy atom. The first-order valence-corrected chi connectivity index (χ1v) is 6.37. The Balaban J connectivity index is 1.72. The molecular weight excluding hydrogens is 222 g/mol. The maximum Gasteiger partial charge on any atom is 0.308 e. The standard InChI is InChI=1S/C12H19NO4/c14-10(15)9-7-13-8-11(9)1-3-12(4-2-11)16-5-6-17-12/h9,13H,1-8H2,(H,14,15). The Hall–Kier alpha value is -0.650. The third kappa shape index (κ3) is 1.77. The van der Waals surface area contributed by atoms with Crippen LogP contribution in [0.3, 0.4) is 0 Å². The van der Waals surface area contributed by atoms with E-state index in [4.69, 9.17) is 9.47 Å². The summed E-state index contributed by atoms with van der Waals surface area (Å²) in [5.41, 5.74) is -0.0770. The van der Waals surface area contributed by atoms with Gasteiger partial charge in [-0.15, -0.1) is 0 Å². The van der Waals surface area contributed by atoms with Crippen LogP contribution in [0.2, 0.25) is 0 Å². The molecule has 1 unspecified atom stereocenters.